The molecule has 7 heteroatoms. The van der Waals surface area contributed by atoms with Crippen LogP contribution in [0.4, 0.5) is 0 Å². The second kappa shape index (κ2) is 6.29. The van der Waals surface area contributed by atoms with E-state index in [9.17, 15) is 0 Å². The van der Waals surface area contributed by atoms with Crippen molar-refractivity contribution in [1.82, 2.24) is 0 Å². The summed E-state index contributed by atoms with van der Waals surface area (Å²) >= 11 is 38.6. The molecule has 0 aromatic carbocycles. The Balaban J connectivity index is 4.40. The topological polar surface area (TPSA) is 0 Å². The van der Waals surface area contributed by atoms with Crippen LogP contribution in [-0.4, -0.2) is 15.6 Å². The van der Waals surface area contributed by atoms with E-state index in [0.717, 1.165) is 0 Å². The van der Waals surface area contributed by atoms with Gasteiger partial charge in [-0.3, -0.25) is 0 Å². The van der Waals surface area contributed by atoms with E-state index in [1.54, 1.807) is 0 Å². The van der Waals surface area contributed by atoms with Crippen LogP contribution in [0.2, 0.25) is 0 Å². The van der Waals surface area contributed by atoms with Gasteiger partial charge in [0.25, 0.3) is 0 Å². The van der Waals surface area contributed by atoms with E-state index >= 15 is 0 Å². The molecular weight excluding hydrogens is 308 g/mol. The lowest BCUT2D eigenvalue weighted by Gasteiger charge is -2.15. The molecule has 2 unspecified atom stereocenters. The summed E-state index contributed by atoms with van der Waals surface area (Å²) < 4.78 is -0.142. The Labute approximate surface area is 106 Å². The molecule has 72 valence electrons. The number of hydrogen-bond donors (Lipinski definition) is 0. The van der Waals surface area contributed by atoms with Gasteiger partial charge in [-0.2, -0.15) is 0 Å². The molecule has 12 heavy (non-hydrogen) atoms. The maximum atomic E-state index is 5.71. The van der Waals surface area contributed by atoms with Crippen molar-refractivity contribution in [3.63, 3.8) is 0 Å². The summed E-state index contributed by atoms with van der Waals surface area (Å²) in [6.07, 6.45) is 0. The number of alkyl halides is 4. The van der Waals surface area contributed by atoms with Gasteiger partial charge in [0.2, 0.25) is 0 Å². The van der Waals surface area contributed by atoms with Gasteiger partial charge >= 0.3 is 0 Å². The van der Waals surface area contributed by atoms with Crippen LogP contribution in [0.25, 0.3) is 0 Å². The van der Waals surface area contributed by atoms with E-state index in [4.69, 9.17) is 81.2 Å². The fourth-order valence-corrected chi connectivity index (χ4v) is 1.74. The fourth-order valence-electron chi connectivity index (χ4n) is 0.372. The Morgan fingerprint density at radius 2 is 1.25 bits per heavy atom. The third-order valence-electron chi connectivity index (χ3n) is 0.943. The summed E-state index contributed by atoms with van der Waals surface area (Å²) in [5.74, 6) is 0. The number of allylic oxidation sites excluding steroid dienone is 1. The van der Waals surface area contributed by atoms with Gasteiger partial charge in [-0.1, -0.05) is 34.8 Å². The average molecular weight is 311 g/mol. The highest BCUT2D eigenvalue weighted by molar-refractivity contribution is 6.60. The van der Waals surface area contributed by atoms with Crippen LogP contribution in [-0.2, 0) is 0 Å². The lowest BCUT2D eigenvalue weighted by molar-refractivity contribution is 0.930. The highest BCUT2D eigenvalue weighted by atomic mass is 35.5. The van der Waals surface area contributed by atoms with Gasteiger partial charge in [-0.25, -0.2) is 0 Å². The lowest BCUT2D eigenvalue weighted by atomic mass is 10.3. The molecule has 0 amide bonds. The van der Waals surface area contributed by atoms with Crippen molar-refractivity contribution >= 4 is 81.2 Å². The summed E-state index contributed by atoms with van der Waals surface area (Å²) in [5, 5.41) is -1.50. The van der Waals surface area contributed by atoms with Crippen LogP contribution in [0.3, 0.4) is 0 Å². The molecule has 0 aliphatic rings. The number of rotatable bonds is 3. The van der Waals surface area contributed by atoms with Crippen molar-refractivity contribution in [2.45, 2.75) is 15.6 Å². The van der Waals surface area contributed by atoms with Gasteiger partial charge in [-0.15, -0.1) is 46.4 Å². The zero-order valence-corrected chi connectivity index (χ0v) is 10.7. The molecule has 0 spiro atoms. The predicted octanol–water partition coefficient (Wildman–Crippen LogP) is 4.89. The van der Waals surface area contributed by atoms with Crippen LogP contribution in [0, 0.1) is 0 Å². The number of halogens is 7. The molecule has 0 bridgehead atoms. The maximum Gasteiger partial charge on any atom is 0.125 e. The Morgan fingerprint density at radius 3 is 1.50 bits per heavy atom. The zero-order valence-electron chi connectivity index (χ0n) is 5.38. The smallest absolute Gasteiger partial charge is 0.118 e. The van der Waals surface area contributed by atoms with E-state index in [-0.39, 0.29) is 9.52 Å². The van der Waals surface area contributed by atoms with E-state index in [1.165, 1.54) is 0 Å². The summed E-state index contributed by atoms with van der Waals surface area (Å²) in [6, 6.07) is 0. The Morgan fingerprint density at radius 1 is 0.833 bits per heavy atom. The average Bonchev–Trinajstić information content (AvgIpc) is 2.00. The molecule has 0 saturated carbocycles. The van der Waals surface area contributed by atoms with Crippen LogP contribution in [0.5, 0.6) is 0 Å². The summed E-state index contributed by atoms with van der Waals surface area (Å²) in [4.78, 5) is -0.837. The second-order valence-electron chi connectivity index (χ2n) is 1.79. The minimum absolute atomic E-state index is 0.0336. The van der Waals surface area contributed by atoms with Crippen molar-refractivity contribution in [1.29, 1.82) is 0 Å². The Kier molecular flexibility index (Phi) is 7.22. The lowest BCUT2D eigenvalue weighted by Crippen LogP contribution is -2.22. The quantitative estimate of drug-likeness (QED) is 0.651. The minimum atomic E-state index is -0.837. The Bertz CT molecular complexity index is 171. The molecule has 0 rings (SSSR count). The van der Waals surface area contributed by atoms with E-state index in [2.05, 4.69) is 0 Å². The summed E-state index contributed by atoms with van der Waals surface area (Å²) in [5.41, 5.74) is 0. The third-order valence-corrected chi connectivity index (χ3v) is 4.00. The van der Waals surface area contributed by atoms with E-state index in [1.807, 2.05) is 0 Å². The molecule has 0 aromatic rings. The monoisotopic (exact) mass is 308 g/mol. The normalized spacial score (nSPS) is 16.0. The highest BCUT2D eigenvalue weighted by Gasteiger charge is 2.27. The van der Waals surface area contributed by atoms with Crippen LogP contribution in [0.1, 0.15) is 0 Å². The largest absolute Gasteiger partial charge is 0.125 e. The molecule has 0 fully saturated rings. The first-order chi connectivity index (χ1) is 5.37. The molecule has 2 atom stereocenters. The van der Waals surface area contributed by atoms with Crippen LogP contribution < -0.4 is 0 Å². The Hall–Kier alpha value is 1.77. The first-order valence-corrected chi connectivity index (χ1v) is 5.52. The zero-order chi connectivity index (χ0) is 9.89. The molecule has 0 aliphatic carbocycles. The standard InChI is InChI=1S/C5H3Cl7/c6-1(2(7)4(9)10)3(8)5(11)12/h1-2,4H. The van der Waals surface area contributed by atoms with Gasteiger partial charge in [-0.05, 0) is 0 Å². The molecule has 0 N–H and O–H groups in total. The second-order valence-corrected chi connectivity index (χ2v) is 5.28. The summed E-state index contributed by atoms with van der Waals surface area (Å²) in [6.45, 7) is 0. The minimum Gasteiger partial charge on any atom is -0.118 e. The van der Waals surface area contributed by atoms with Gasteiger partial charge < -0.3 is 0 Å². The molecular formula is C5H3Cl7. The summed E-state index contributed by atoms with van der Waals surface area (Å²) in [7, 11) is 0. The number of hydrogen-bond acceptors (Lipinski definition) is 0. The SMILES string of the molecule is ClC(Cl)=C(Cl)C(Cl)C(Cl)C(Cl)Cl. The van der Waals surface area contributed by atoms with Gasteiger partial charge in [0.05, 0.1) is 15.8 Å². The van der Waals surface area contributed by atoms with Crippen molar-refractivity contribution in [3.05, 3.63) is 9.52 Å². The van der Waals surface area contributed by atoms with E-state index in [0.29, 0.717) is 0 Å². The van der Waals surface area contributed by atoms with Crippen molar-refractivity contribution < 1.29 is 0 Å². The molecule has 0 heterocycles. The van der Waals surface area contributed by atoms with Gasteiger partial charge in [0, 0.05) is 0 Å². The van der Waals surface area contributed by atoms with Crippen molar-refractivity contribution in [3.8, 4) is 0 Å². The van der Waals surface area contributed by atoms with Crippen molar-refractivity contribution in [2.75, 3.05) is 0 Å². The van der Waals surface area contributed by atoms with Crippen molar-refractivity contribution in [2.24, 2.45) is 0 Å². The molecule has 0 aromatic heterocycles. The first-order valence-electron chi connectivity index (χ1n) is 2.65. The fraction of sp³-hybridized carbons (Fsp3) is 0.600. The first kappa shape index (κ1) is 13.8. The van der Waals surface area contributed by atoms with Crippen LogP contribution >= 0.6 is 81.2 Å². The molecule has 0 saturated heterocycles. The van der Waals surface area contributed by atoms with E-state index < -0.39 is 15.6 Å². The molecule has 0 nitrogen and oxygen atoms in total. The third kappa shape index (κ3) is 4.32. The predicted molar refractivity (Wildman–Crippen MR) is 59.4 cm³/mol. The van der Waals surface area contributed by atoms with Crippen LogP contribution in [0.15, 0.2) is 9.52 Å². The highest BCUT2D eigenvalue weighted by Crippen LogP contribution is 2.32. The molecule has 0 aliphatic heterocycles. The van der Waals surface area contributed by atoms with Gasteiger partial charge in [0.1, 0.15) is 9.33 Å². The van der Waals surface area contributed by atoms with Gasteiger partial charge in [0.15, 0.2) is 0 Å². The maximum absolute atomic E-state index is 5.71. The molecule has 0 radical (unpaired) electrons.